The molecule has 0 fully saturated rings. The minimum Gasteiger partial charge on any atom is -0.389 e. The molecule has 21 heavy (non-hydrogen) atoms. The van der Waals surface area contributed by atoms with Crippen LogP contribution in [0.25, 0.3) is 0 Å². The molecule has 0 aliphatic rings. The molecule has 112 valence electrons. The highest BCUT2D eigenvalue weighted by molar-refractivity contribution is 9.10. The van der Waals surface area contributed by atoms with Crippen molar-refractivity contribution < 1.29 is 17.9 Å². The summed E-state index contributed by atoms with van der Waals surface area (Å²) in [6.07, 6.45) is -0.777. The summed E-state index contributed by atoms with van der Waals surface area (Å²) >= 11 is 3.16. The Kier molecular flexibility index (Phi) is 4.65. The van der Waals surface area contributed by atoms with Gasteiger partial charge >= 0.3 is 0 Å². The molecule has 2 rings (SSSR count). The number of nitrogens with one attached hydrogen (secondary N) is 1. The summed E-state index contributed by atoms with van der Waals surface area (Å²) < 4.78 is 40.6. The fourth-order valence-corrected chi connectivity index (χ4v) is 3.32. The van der Waals surface area contributed by atoms with Crippen LogP contribution in [0.2, 0.25) is 0 Å². The van der Waals surface area contributed by atoms with E-state index in [0.717, 1.165) is 6.07 Å². The molecule has 4 nitrogen and oxygen atoms in total. The molecule has 0 saturated heterocycles. The second-order valence-electron chi connectivity index (χ2n) is 4.48. The molecule has 0 radical (unpaired) electrons. The molecule has 0 aliphatic carbocycles. The number of halogens is 2. The zero-order valence-corrected chi connectivity index (χ0v) is 13.4. The largest absolute Gasteiger partial charge is 0.389 e. The molecule has 1 atom stereocenters. The van der Waals surface area contributed by atoms with E-state index in [4.69, 9.17) is 0 Å². The van der Waals surface area contributed by atoms with Crippen molar-refractivity contribution in [2.75, 3.05) is 4.72 Å². The fourth-order valence-electron chi connectivity index (χ4n) is 1.72. The second-order valence-corrected chi connectivity index (χ2v) is 7.01. The number of hydrogen-bond donors (Lipinski definition) is 2. The average Bonchev–Trinajstić information content (AvgIpc) is 2.43. The Bertz CT molecular complexity index is 763. The van der Waals surface area contributed by atoms with E-state index in [1.54, 1.807) is 13.0 Å². The van der Waals surface area contributed by atoms with Gasteiger partial charge in [-0.15, -0.1) is 0 Å². The van der Waals surface area contributed by atoms with Crippen LogP contribution in [0.15, 0.2) is 51.8 Å². The molecule has 2 aromatic rings. The van der Waals surface area contributed by atoms with Gasteiger partial charge in [-0.25, -0.2) is 12.8 Å². The first-order valence-corrected chi connectivity index (χ1v) is 8.33. The van der Waals surface area contributed by atoms with Crippen molar-refractivity contribution >= 4 is 31.6 Å². The predicted octanol–water partition coefficient (Wildman–Crippen LogP) is 3.44. The topological polar surface area (TPSA) is 66.4 Å². The van der Waals surface area contributed by atoms with Gasteiger partial charge in [-0.2, -0.15) is 0 Å². The molecule has 0 amide bonds. The maximum Gasteiger partial charge on any atom is 0.261 e. The van der Waals surface area contributed by atoms with Crippen LogP contribution in [-0.4, -0.2) is 13.5 Å². The van der Waals surface area contributed by atoms with Crippen molar-refractivity contribution in [3.63, 3.8) is 0 Å². The Morgan fingerprint density at radius 1 is 1.24 bits per heavy atom. The van der Waals surface area contributed by atoms with Crippen LogP contribution in [0.3, 0.4) is 0 Å². The first-order valence-electron chi connectivity index (χ1n) is 6.05. The summed E-state index contributed by atoms with van der Waals surface area (Å²) in [4.78, 5) is -0.00272. The number of aliphatic hydroxyl groups is 1. The van der Waals surface area contributed by atoms with Crippen LogP contribution in [0.4, 0.5) is 10.1 Å². The molecule has 7 heteroatoms. The van der Waals surface area contributed by atoms with Gasteiger partial charge < -0.3 is 5.11 Å². The molecule has 0 aromatic heterocycles. The van der Waals surface area contributed by atoms with Gasteiger partial charge in [0.2, 0.25) is 0 Å². The Morgan fingerprint density at radius 2 is 1.95 bits per heavy atom. The van der Waals surface area contributed by atoms with E-state index in [9.17, 15) is 17.9 Å². The fraction of sp³-hybridized carbons (Fsp3) is 0.143. The number of anilines is 1. The second kappa shape index (κ2) is 6.13. The van der Waals surface area contributed by atoms with Gasteiger partial charge in [0, 0.05) is 4.47 Å². The van der Waals surface area contributed by atoms with Gasteiger partial charge in [0.1, 0.15) is 5.82 Å². The zero-order chi connectivity index (χ0) is 15.6. The van der Waals surface area contributed by atoms with Gasteiger partial charge in [-0.1, -0.05) is 12.1 Å². The Labute approximate surface area is 130 Å². The van der Waals surface area contributed by atoms with E-state index in [1.165, 1.54) is 30.3 Å². The average molecular weight is 374 g/mol. The highest BCUT2D eigenvalue weighted by Crippen LogP contribution is 2.26. The molecule has 2 aromatic carbocycles. The van der Waals surface area contributed by atoms with Crippen molar-refractivity contribution in [1.82, 2.24) is 0 Å². The summed E-state index contributed by atoms with van der Waals surface area (Å²) in [5.41, 5.74) is 0.591. The van der Waals surface area contributed by atoms with Crippen molar-refractivity contribution in [3.05, 3.63) is 58.3 Å². The van der Waals surface area contributed by atoms with E-state index in [-0.39, 0.29) is 10.6 Å². The van der Waals surface area contributed by atoms with Crippen LogP contribution in [0, 0.1) is 5.82 Å². The Balaban J connectivity index is 2.38. The predicted molar refractivity (Wildman–Crippen MR) is 82.0 cm³/mol. The molecular formula is C14H13BrFNO3S. The molecule has 0 heterocycles. The van der Waals surface area contributed by atoms with Gasteiger partial charge in [0.15, 0.2) is 0 Å². The SMILES string of the molecule is CC(O)c1cccc(S(=O)(=O)Nc2cc(F)ccc2Br)c1. The van der Waals surface area contributed by atoms with E-state index in [2.05, 4.69) is 20.7 Å². The molecule has 0 aliphatic heterocycles. The van der Waals surface area contributed by atoms with Crippen molar-refractivity contribution in [3.8, 4) is 0 Å². The van der Waals surface area contributed by atoms with Crippen LogP contribution < -0.4 is 4.72 Å². The van der Waals surface area contributed by atoms with E-state index < -0.39 is 21.9 Å². The van der Waals surface area contributed by atoms with Crippen LogP contribution >= 0.6 is 15.9 Å². The van der Waals surface area contributed by atoms with E-state index in [0.29, 0.717) is 10.0 Å². The highest BCUT2D eigenvalue weighted by Gasteiger charge is 2.17. The number of sulfonamides is 1. The molecular weight excluding hydrogens is 361 g/mol. The highest BCUT2D eigenvalue weighted by atomic mass is 79.9. The minimum absolute atomic E-state index is 0.00272. The van der Waals surface area contributed by atoms with Crippen molar-refractivity contribution in [1.29, 1.82) is 0 Å². The smallest absolute Gasteiger partial charge is 0.261 e. The lowest BCUT2D eigenvalue weighted by Crippen LogP contribution is -2.14. The summed E-state index contributed by atoms with van der Waals surface area (Å²) in [6.45, 7) is 1.54. The standard InChI is InChI=1S/C14H13BrFNO3S/c1-9(18)10-3-2-4-12(7-10)21(19,20)17-14-8-11(16)5-6-13(14)15/h2-9,17-18H,1H3. The lowest BCUT2D eigenvalue weighted by Gasteiger charge is -2.11. The summed E-state index contributed by atoms with van der Waals surface area (Å²) in [6, 6.07) is 9.66. The van der Waals surface area contributed by atoms with Crippen molar-refractivity contribution in [2.45, 2.75) is 17.9 Å². The Morgan fingerprint density at radius 3 is 2.62 bits per heavy atom. The maximum absolute atomic E-state index is 13.2. The summed E-state index contributed by atoms with van der Waals surface area (Å²) in [7, 11) is -3.87. The molecule has 1 unspecified atom stereocenters. The lowest BCUT2D eigenvalue weighted by molar-refractivity contribution is 0.199. The van der Waals surface area contributed by atoms with Gasteiger partial charge in [-0.05, 0) is 58.7 Å². The van der Waals surface area contributed by atoms with E-state index >= 15 is 0 Å². The zero-order valence-electron chi connectivity index (χ0n) is 11.0. The Hall–Kier alpha value is -1.44. The third-order valence-electron chi connectivity index (χ3n) is 2.82. The first-order chi connectivity index (χ1) is 9.79. The quantitative estimate of drug-likeness (QED) is 0.862. The normalized spacial score (nSPS) is 13.0. The number of hydrogen-bond acceptors (Lipinski definition) is 3. The molecule has 0 saturated carbocycles. The third-order valence-corrected chi connectivity index (χ3v) is 4.88. The monoisotopic (exact) mass is 373 g/mol. The number of benzene rings is 2. The minimum atomic E-state index is -3.87. The van der Waals surface area contributed by atoms with Crippen LogP contribution in [-0.2, 0) is 10.0 Å². The van der Waals surface area contributed by atoms with Gasteiger partial charge in [-0.3, -0.25) is 4.72 Å². The first kappa shape index (κ1) is 15.9. The number of rotatable bonds is 4. The van der Waals surface area contributed by atoms with Gasteiger partial charge in [0.25, 0.3) is 10.0 Å². The third kappa shape index (κ3) is 3.81. The number of aliphatic hydroxyl groups excluding tert-OH is 1. The molecule has 2 N–H and O–H groups in total. The maximum atomic E-state index is 13.2. The van der Waals surface area contributed by atoms with Crippen LogP contribution in [0.1, 0.15) is 18.6 Å². The van der Waals surface area contributed by atoms with Crippen molar-refractivity contribution in [2.24, 2.45) is 0 Å². The molecule has 0 spiro atoms. The summed E-state index contributed by atoms with van der Waals surface area (Å²) in [5, 5.41) is 9.51. The summed E-state index contributed by atoms with van der Waals surface area (Å²) in [5.74, 6) is -0.548. The van der Waals surface area contributed by atoms with E-state index in [1.807, 2.05) is 0 Å². The van der Waals surface area contributed by atoms with Crippen LogP contribution in [0.5, 0.6) is 0 Å². The van der Waals surface area contributed by atoms with Gasteiger partial charge in [0.05, 0.1) is 16.7 Å². The lowest BCUT2D eigenvalue weighted by atomic mass is 10.1. The molecule has 0 bridgehead atoms.